The van der Waals surface area contributed by atoms with Crippen molar-refractivity contribution >= 4 is 5.96 Å². The van der Waals surface area contributed by atoms with E-state index < -0.39 is 0 Å². The molecule has 2 heterocycles. The summed E-state index contributed by atoms with van der Waals surface area (Å²) in [5.74, 6) is 4.08. The molecule has 0 bridgehead atoms. The fourth-order valence-corrected chi connectivity index (χ4v) is 3.59. The molecule has 31 heavy (non-hydrogen) atoms. The number of nitrogens with one attached hydrogen (secondary N) is 2. The molecule has 1 saturated heterocycles. The lowest BCUT2D eigenvalue weighted by molar-refractivity contribution is 0.321. The van der Waals surface area contributed by atoms with Crippen LogP contribution in [0, 0.1) is 0 Å². The largest absolute Gasteiger partial charge is 0.497 e. The molecule has 170 valence electrons. The van der Waals surface area contributed by atoms with Crippen molar-refractivity contribution in [2.24, 2.45) is 4.99 Å². The quantitative estimate of drug-likeness (QED) is 0.462. The topological polar surface area (TPSA) is 97.0 Å². The summed E-state index contributed by atoms with van der Waals surface area (Å²) in [6.07, 6.45) is 1.72. The first-order valence-corrected chi connectivity index (χ1v) is 10.7. The molecule has 1 aliphatic heterocycles. The molecule has 0 amide bonds. The van der Waals surface area contributed by atoms with Crippen LogP contribution in [0.1, 0.15) is 43.5 Å². The highest BCUT2D eigenvalue weighted by Gasteiger charge is 2.23. The van der Waals surface area contributed by atoms with E-state index in [1.54, 1.807) is 21.3 Å². The molecule has 2 N–H and O–H groups in total. The normalized spacial score (nSPS) is 17.2. The standard InChI is InChI=1S/C22H34N6O3/c1-15(2)21-26-20(31-27-21)6-8-24-22(23-3)25-17-7-9-28(14-17)13-16-10-18(29-4)12-19(11-16)30-5/h10-12,15,17H,6-9,13-14H2,1-5H3,(H2,23,24,25). The van der Waals surface area contributed by atoms with Gasteiger partial charge in [0.1, 0.15) is 11.5 Å². The van der Waals surface area contributed by atoms with Gasteiger partial charge in [0.05, 0.1) is 14.2 Å². The van der Waals surface area contributed by atoms with E-state index in [2.05, 4.69) is 42.8 Å². The summed E-state index contributed by atoms with van der Waals surface area (Å²) >= 11 is 0. The van der Waals surface area contributed by atoms with E-state index in [9.17, 15) is 0 Å². The van der Waals surface area contributed by atoms with Gasteiger partial charge in [0.25, 0.3) is 0 Å². The molecule has 1 aliphatic rings. The van der Waals surface area contributed by atoms with Gasteiger partial charge in [0.2, 0.25) is 5.89 Å². The van der Waals surface area contributed by atoms with Gasteiger partial charge in [-0.15, -0.1) is 0 Å². The van der Waals surface area contributed by atoms with Gasteiger partial charge in [-0.25, -0.2) is 0 Å². The van der Waals surface area contributed by atoms with Crippen LogP contribution in [0.4, 0.5) is 0 Å². The number of rotatable bonds is 9. The molecule has 9 heteroatoms. The maximum Gasteiger partial charge on any atom is 0.228 e. The van der Waals surface area contributed by atoms with E-state index >= 15 is 0 Å². The second-order valence-electron chi connectivity index (χ2n) is 8.04. The van der Waals surface area contributed by atoms with Crippen LogP contribution >= 0.6 is 0 Å². The highest BCUT2D eigenvalue weighted by atomic mass is 16.5. The number of hydrogen-bond acceptors (Lipinski definition) is 7. The molecule has 0 aliphatic carbocycles. The number of ether oxygens (including phenoxy) is 2. The molecular weight excluding hydrogens is 396 g/mol. The van der Waals surface area contributed by atoms with Gasteiger partial charge in [-0.3, -0.25) is 9.89 Å². The van der Waals surface area contributed by atoms with E-state index in [0.29, 0.717) is 24.9 Å². The molecule has 2 aromatic rings. The molecule has 1 aromatic carbocycles. The predicted octanol–water partition coefficient (Wildman–Crippen LogP) is 2.19. The summed E-state index contributed by atoms with van der Waals surface area (Å²) in [5, 5.41) is 10.9. The van der Waals surface area contributed by atoms with Crippen molar-refractivity contribution in [2.75, 3.05) is 40.9 Å². The summed E-state index contributed by atoms with van der Waals surface area (Å²) in [4.78, 5) is 11.2. The summed E-state index contributed by atoms with van der Waals surface area (Å²) in [5.41, 5.74) is 1.18. The minimum Gasteiger partial charge on any atom is -0.497 e. The summed E-state index contributed by atoms with van der Waals surface area (Å²) in [7, 11) is 5.14. The minimum absolute atomic E-state index is 0.267. The van der Waals surface area contributed by atoms with Crippen molar-refractivity contribution in [2.45, 2.75) is 45.2 Å². The monoisotopic (exact) mass is 430 g/mol. The van der Waals surface area contributed by atoms with Gasteiger partial charge in [0.15, 0.2) is 11.8 Å². The van der Waals surface area contributed by atoms with Gasteiger partial charge in [-0.2, -0.15) is 4.98 Å². The van der Waals surface area contributed by atoms with Crippen molar-refractivity contribution in [3.05, 3.63) is 35.5 Å². The Labute approximate surface area is 184 Å². The van der Waals surface area contributed by atoms with Crippen LogP contribution in [0.2, 0.25) is 0 Å². The van der Waals surface area contributed by atoms with Crippen LogP contribution in [0.25, 0.3) is 0 Å². The molecule has 1 unspecified atom stereocenters. The first-order valence-electron chi connectivity index (χ1n) is 10.7. The molecule has 9 nitrogen and oxygen atoms in total. The van der Waals surface area contributed by atoms with Crippen molar-refractivity contribution in [1.82, 2.24) is 25.7 Å². The number of aliphatic imine (C=N–C) groups is 1. The molecule has 0 radical (unpaired) electrons. The molecule has 0 spiro atoms. The fourth-order valence-electron chi connectivity index (χ4n) is 3.59. The Morgan fingerprint density at radius 1 is 1.26 bits per heavy atom. The molecule has 1 fully saturated rings. The van der Waals surface area contributed by atoms with Crippen molar-refractivity contribution < 1.29 is 14.0 Å². The summed E-state index contributed by atoms with van der Waals surface area (Å²) < 4.78 is 16.1. The van der Waals surface area contributed by atoms with Gasteiger partial charge in [-0.1, -0.05) is 19.0 Å². The Kier molecular flexibility index (Phi) is 8.11. The van der Waals surface area contributed by atoms with Gasteiger partial charge >= 0.3 is 0 Å². The number of nitrogens with zero attached hydrogens (tertiary/aromatic N) is 4. The van der Waals surface area contributed by atoms with E-state index in [-0.39, 0.29) is 5.92 Å². The average Bonchev–Trinajstić information content (AvgIpc) is 3.42. The lowest BCUT2D eigenvalue weighted by Crippen LogP contribution is -2.45. The number of guanidine groups is 1. The molecule has 1 aromatic heterocycles. The predicted molar refractivity (Wildman–Crippen MR) is 120 cm³/mol. The Morgan fingerprint density at radius 3 is 2.61 bits per heavy atom. The zero-order valence-electron chi connectivity index (χ0n) is 19.1. The summed E-state index contributed by atoms with van der Waals surface area (Å²) in [6, 6.07) is 6.36. The number of hydrogen-bond donors (Lipinski definition) is 2. The third kappa shape index (κ3) is 6.58. The highest BCUT2D eigenvalue weighted by Crippen LogP contribution is 2.24. The van der Waals surface area contributed by atoms with Crippen LogP contribution in [-0.2, 0) is 13.0 Å². The van der Waals surface area contributed by atoms with E-state index in [1.165, 1.54) is 5.56 Å². The van der Waals surface area contributed by atoms with Gasteiger partial charge in [0, 0.05) is 57.7 Å². The third-order valence-electron chi connectivity index (χ3n) is 5.29. The van der Waals surface area contributed by atoms with Crippen LogP contribution in [-0.4, -0.2) is 67.9 Å². The van der Waals surface area contributed by atoms with Crippen LogP contribution < -0.4 is 20.1 Å². The maximum atomic E-state index is 5.38. The average molecular weight is 431 g/mol. The third-order valence-corrected chi connectivity index (χ3v) is 5.29. The van der Waals surface area contributed by atoms with E-state index in [1.807, 2.05) is 19.9 Å². The Morgan fingerprint density at radius 2 is 2.00 bits per heavy atom. The number of aromatic nitrogens is 2. The Hall–Kier alpha value is -2.81. The number of methoxy groups -OCH3 is 2. The van der Waals surface area contributed by atoms with Crippen molar-refractivity contribution in [1.29, 1.82) is 0 Å². The minimum atomic E-state index is 0.267. The second kappa shape index (κ2) is 11.0. The van der Waals surface area contributed by atoms with Crippen molar-refractivity contribution in [3.8, 4) is 11.5 Å². The molecule has 3 rings (SSSR count). The first kappa shape index (κ1) is 22.9. The number of benzene rings is 1. The van der Waals surface area contributed by atoms with Gasteiger partial charge in [-0.05, 0) is 24.1 Å². The lowest BCUT2D eigenvalue weighted by atomic mass is 10.2. The van der Waals surface area contributed by atoms with Gasteiger partial charge < -0.3 is 24.6 Å². The van der Waals surface area contributed by atoms with E-state index in [0.717, 1.165) is 49.3 Å². The maximum absolute atomic E-state index is 5.38. The van der Waals surface area contributed by atoms with Crippen LogP contribution in [0.3, 0.4) is 0 Å². The molecule has 1 atom stereocenters. The summed E-state index contributed by atoms with van der Waals surface area (Å²) in [6.45, 7) is 7.60. The molecule has 0 saturated carbocycles. The first-order chi connectivity index (χ1) is 15.0. The smallest absolute Gasteiger partial charge is 0.228 e. The zero-order chi connectivity index (χ0) is 22.2. The highest BCUT2D eigenvalue weighted by molar-refractivity contribution is 5.80. The lowest BCUT2D eigenvalue weighted by Gasteiger charge is -2.19. The second-order valence-corrected chi connectivity index (χ2v) is 8.04. The Balaban J connectivity index is 1.45. The SMILES string of the molecule is CN=C(NCCc1nc(C(C)C)no1)NC1CCN(Cc2cc(OC)cc(OC)c2)C1. The van der Waals surface area contributed by atoms with E-state index in [4.69, 9.17) is 14.0 Å². The Bertz CT molecular complexity index is 844. The fraction of sp³-hybridized carbons (Fsp3) is 0.591. The molecular formula is C22H34N6O3. The number of likely N-dealkylation sites (tertiary alicyclic amines) is 1. The van der Waals surface area contributed by atoms with Crippen molar-refractivity contribution in [3.63, 3.8) is 0 Å². The van der Waals surface area contributed by atoms with Crippen LogP contribution in [0.15, 0.2) is 27.7 Å². The van der Waals surface area contributed by atoms with Crippen LogP contribution in [0.5, 0.6) is 11.5 Å². The zero-order valence-corrected chi connectivity index (χ0v) is 19.1.